The van der Waals surface area contributed by atoms with Crippen LogP contribution in [0.15, 0.2) is 0 Å². The smallest absolute Gasteiger partial charge is 0.0480 e. The Morgan fingerprint density at radius 3 is 2.67 bits per heavy atom. The molecule has 0 saturated carbocycles. The first kappa shape index (κ1) is 12.9. The first-order valence-electron chi connectivity index (χ1n) is 6.32. The minimum Gasteiger partial charge on any atom is -0.381 e. The lowest BCUT2D eigenvalue weighted by molar-refractivity contribution is 0.0764. The van der Waals surface area contributed by atoms with Crippen LogP contribution in [0.5, 0.6) is 0 Å². The van der Waals surface area contributed by atoms with Crippen LogP contribution < -0.4 is 5.32 Å². The van der Waals surface area contributed by atoms with Crippen molar-refractivity contribution in [3.05, 3.63) is 0 Å². The van der Waals surface area contributed by atoms with Crippen LogP contribution in [0.4, 0.5) is 0 Å². The van der Waals surface area contributed by atoms with E-state index in [1.54, 1.807) is 0 Å². The zero-order valence-electron chi connectivity index (χ0n) is 9.96. The molecule has 0 atom stereocenters. The molecule has 0 radical (unpaired) electrons. The monoisotopic (exact) mass is 215 g/mol. The number of nitrogens with one attached hydrogen (secondary N) is 1. The van der Waals surface area contributed by atoms with E-state index in [-0.39, 0.29) is 0 Å². The van der Waals surface area contributed by atoms with Crippen LogP contribution in [-0.4, -0.2) is 39.0 Å². The van der Waals surface area contributed by atoms with Crippen LogP contribution in [0.25, 0.3) is 0 Å². The molecule has 3 nitrogen and oxygen atoms in total. The van der Waals surface area contributed by atoms with Crippen LogP contribution in [0.3, 0.4) is 0 Å². The number of hydrogen-bond acceptors (Lipinski definition) is 3. The fourth-order valence-corrected chi connectivity index (χ4v) is 1.73. The standard InChI is InChI=1S/C12H25NO2/c1-2-3-8-14-9-4-7-13-12-5-10-15-11-6-12/h12-13H,2-11H2,1H3. The second kappa shape index (κ2) is 9.13. The lowest BCUT2D eigenvalue weighted by Gasteiger charge is -2.23. The van der Waals surface area contributed by atoms with Gasteiger partial charge in [-0.3, -0.25) is 0 Å². The molecule has 0 aromatic heterocycles. The Kier molecular flexibility index (Phi) is 7.88. The molecule has 0 aromatic rings. The normalized spacial score (nSPS) is 18.2. The van der Waals surface area contributed by atoms with Crippen molar-refractivity contribution in [2.24, 2.45) is 0 Å². The van der Waals surface area contributed by atoms with Crippen LogP contribution in [-0.2, 0) is 9.47 Å². The molecule has 1 heterocycles. The van der Waals surface area contributed by atoms with Gasteiger partial charge in [0.05, 0.1) is 0 Å². The lowest BCUT2D eigenvalue weighted by atomic mass is 10.1. The summed E-state index contributed by atoms with van der Waals surface area (Å²) < 4.78 is 10.8. The summed E-state index contributed by atoms with van der Waals surface area (Å²) in [4.78, 5) is 0. The lowest BCUT2D eigenvalue weighted by Crippen LogP contribution is -2.35. The fourth-order valence-electron chi connectivity index (χ4n) is 1.73. The van der Waals surface area contributed by atoms with Crippen LogP contribution in [0, 0.1) is 0 Å². The molecule has 0 amide bonds. The van der Waals surface area contributed by atoms with Crippen molar-refractivity contribution in [3.8, 4) is 0 Å². The van der Waals surface area contributed by atoms with Gasteiger partial charge in [-0.05, 0) is 32.2 Å². The van der Waals surface area contributed by atoms with Crippen molar-refractivity contribution in [1.82, 2.24) is 5.32 Å². The van der Waals surface area contributed by atoms with Crippen molar-refractivity contribution in [1.29, 1.82) is 0 Å². The predicted molar refractivity (Wildman–Crippen MR) is 62.2 cm³/mol. The molecule has 1 aliphatic heterocycles. The third-order valence-corrected chi connectivity index (χ3v) is 2.76. The number of hydrogen-bond donors (Lipinski definition) is 1. The number of unbranched alkanes of at least 4 members (excludes halogenated alkanes) is 1. The van der Waals surface area contributed by atoms with E-state index in [1.807, 2.05) is 0 Å². The molecule has 0 unspecified atom stereocenters. The van der Waals surface area contributed by atoms with E-state index in [2.05, 4.69) is 12.2 Å². The first-order valence-corrected chi connectivity index (χ1v) is 6.32. The van der Waals surface area contributed by atoms with Gasteiger partial charge in [0.15, 0.2) is 0 Å². The second-order valence-corrected chi connectivity index (χ2v) is 4.16. The third kappa shape index (κ3) is 6.88. The highest BCUT2D eigenvalue weighted by Gasteiger charge is 2.11. The molecule has 1 rings (SSSR count). The summed E-state index contributed by atoms with van der Waals surface area (Å²) in [6.45, 7) is 6.94. The van der Waals surface area contributed by atoms with E-state index < -0.39 is 0 Å². The van der Waals surface area contributed by atoms with Gasteiger partial charge in [-0.25, -0.2) is 0 Å². The van der Waals surface area contributed by atoms with E-state index in [1.165, 1.54) is 12.8 Å². The molecule has 0 spiro atoms. The predicted octanol–water partition coefficient (Wildman–Crippen LogP) is 1.96. The molecule has 1 N–H and O–H groups in total. The molecular formula is C12H25NO2. The van der Waals surface area contributed by atoms with Gasteiger partial charge in [-0.15, -0.1) is 0 Å². The van der Waals surface area contributed by atoms with E-state index >= 15 is 0 Å². The SMILES string of the molecule is CCCCOCCCNC1CCOCC1. The summed E-state index contributed by atoms with van der Waals surface area (Å²) in [6, 6.07) is 0.675. The molecular weight excluding hydrogens is 190 g/mol. The van der Waals surface area contributed by atoms with Crippen molar-refractivity contribution >= 4 is 0 Å². The summed E-state index contributed by atoms with van der Waals surface area (Å²) in [6.07, 6.45) is 5.86. The first-order chi connectivity index (χ1) is 7.43. The molecule has 3 heteroatoms. The Labute approximate surface area is 93.5 Å². The molecule has 15 heavy (non-hydrogen) atoms. The number of rotatable bonds is 8. The highest BCUT2D eigenvalue weighted by Crippen LogP contribution is 2.05. The molecule has 90 valence electrons. The topological polar surface area (TPSA) is 30.5 Å². The summed E-state index contributed by atoms with van der Waals surface area (Å²) in [5.74, 6) is 0. The van der Waals surface area contributed by atoms with Crippen LogP contribution in [0.2, 0.25) is 0 Å². The number of ether oxygens (including phenoxy) is 2. The van der Waals surface area contributed by atoms with Gasteiger partial charge in [-0.2, -0.15) is 0 Å². The highest BCUT2D eigenvalue weighted by atomic mass is 16.5. The Morgan fingerprint density at radius 1 is 1.20 bits per heavy atom. The summed E-state index contributed by atoms with van der Waals surface area (Å²) in [5.41, 5.74) is 0. The van der Waals surface area contributed by atoms with Gasteiger partial charge >= 0.3 is 0 Å². The molecule has 1 aliphatic rings. The fraction of sp³-hybridized carbons (Fsp3) is 1.00. The van der Waals surface area contributed by atoms with E-state index in [0.29, 0.717) is 6.04 Å². The van der Waals surface area contributed by atoms with Crippen molar-refractivity contribution in [3.63, 3.8) is 0 Å². The van der Waals surface area contributed by atoms with Crippen molar-refractivity contribution in [2.75, 3.05) is 33.0 Å². The van der Waals surface area contributed by atoms with E-state index in [0.717, 1.165) is 52.2 Å². The Hall–Kier alpha value is -0.120. The minimum absolute atomic E-state index is 0.675. The largest absolute Gasteiger partial charge is 0.381 e. The van der Waals surface area contributed by atoms with E-state index in [4.69, 9.17) is 9.47 Å². The van der Waals surface area contributed by atoms with E-state index in [9.17, 15) is 0 Å². The summed E-state index contributed by atoms with van der Waals surface area (Å²) in [7, 11) is 0. The average molecular weight is 215 g/mol. The van der Waals surface area contributed by atoms with Gasteiger partial charge in [0.25, 0.3) is 0 Å². The molecule has 0 bridgehead atoms. The molecule has 1 saturated heterocycles. The molecule has 1 fully saturated rings. The Bertz CT molecular complexity index is 136. The zero-order valence-corrected chi connectivity index (χ0v) is 9.96. The van der Waals surface area contributed by atoms with Gasteiger partial charge in [0, 0.05) is 32.5 Å². The maximum atomic E-state index is 5.50. The van der Waals surface area contributed by atoms with Gasteiger partial charge in [0.2, 0.25) is 0 Å². The van der Waals surface area contributed by atoms with Crippen LogP contribution in [0.1, 0.15) is 39.0 Å². The van der Waals surface area contributed by atoms with Gasteiger partial charge < -0.3 is 14.8 Å². The Morgan fingerprint density at radius 2 is 1.93 bits per heavy atom. The second-order valence-electron chi connectivity index (χ2n) is 4.16. The maximum Gasteiger partial charge on any atom is 0.0480 e. The highest BCUT2D eigenvalue weighted by molar-refractivity contribution is 4.69. The zero-order chi connectivity index (χ0) is 10.8. The minimum atomic E-state index is 0.675. The van der Waals surface area contributed by atoms with Gasteiger partial charge in [0.1, 0.15) is 0 Å². The van der Waals surface area contributed by atoms with Crippen molar-refractivity contribution < 1.29 is 9.47 Å². The molecule has 0 aromatic carbocycles. The average Bonchev–Trinajstić information content (AvgIpc) is 2.29. The quantitative estimate of drug-likeness (QED) is 0.628. The van der Waals surface area contributed by atoms with Gasteiger partial charge in [-0.1, -0.05) is 13.3 Å². The van der Waals surface area contributed by atoms with Crippen molar-refractivity contribution in [2.45, 2.75) is 45.1 Å². The van der Waals surface area contributed by atoms with Crippen LogP contribution >= 0.6 is 0 Å². The summed E-state index contributed by atoms with van der Waals surface area (Å²) >= 11 is 0. The maximum absolute atomic E-state index is 5.50. The molecule has 0 aliphatic carbocycles. The Balaban J connectivity index is 1.79. The third-order valence-electron chi connectivity index (χ3n) is 2.76. The summed E-state index contributed by atoms with van der Waals surface area (Å²) in [5, 5.41) is 3.55.